The van der Waals surface area contributed by atoms with Gasteiger partial charge in [-0.15, -0.1) is 11.6 Å². The molecule has 0 aliphatic rings. The van der Waals surface area contributed by atoms with E-state index in [4.69, 9.17) is 11.6 Å². The van der Waals surface area contributed by atoms with E-state index in [1.807, 2.05) is 44.2 Å². The van der Waals surface area contributed by atoms with Crippen LogP contribution in [0.1, 0.15) is 18.2 Å². The zero-order chi connectivity index (χ0) is 14.0. The van der Waals surface area contributed by atoms with E-state index in [0.29, 0.717) is 5.82 Å². The van der Waals surface area contributed by atoms with E-state index in [1.165, 1.54) is 0 Å². The van der Waals surface area contributed by atoms with Crippen molar-refractivity contribution in [2.45, 2.75) is 26.1 Å². The Morgan fingerprint density at radius 2 is 2.05 bits per heavy atom. The number of aromatic nitrogens is 2. The molecule has 1 atom stereocenters. The van der Waals surface area contributed by atoms with Crippen molar-refractivity contribution in [1.29, 1.82) is 0 Å². The average molecular weight is 278 g/mol. The van der Waals surface area contributed by atoms with E-state index in [9.17, 15) is 4.79 Å². The number of carbonyl (C=O) groups excluding carboxylic acids is 1. The van der Waals surface area contributed by atoms with Crippen LogP contribution in [0.4, 0.5) is 5.82 Å². The molecule has 1 amide bonds. The van der Waals surface area contributed by atoms with Crippen LogP contribution in [-0.2, 0) is 4.79 Å². The second-order valence-corrected chi connectivity index (χ2v) is 5.13. The van der Waals surface area contributed by atoms with Crippen LogP contribution in [0.5, 0.6) is 0 Å². The van der Waals surface area contributed by atoms with Crippen molar-refractivity contribution in [2.75, 3.05) is 5.32 Å². The van der Waals surface area contributed by atoms with Gasteiger partial charge in [-0.05, 0) is 32.4 Å². The number of aryl methyl sites for hydroxylation is 2. The number of amides is 1. The van der Waals surface area contributed by atoms with E-state index in [0.717, 1.165) is 16.9 Å². The van der Waals surface area contributed by atoms with Gasteiger partial charge in [-0.2, -0.15) is 5.10 Å². The molecule has 5 heteroatoms. The monoisotopic (exact) mass is 277 g/mol. The number of anilines is 1. The van der Waals surface area contributed by atoms with Crippen molar-refractivity contribution in [2.24, 2.45) is 0 Å². The predicted molar refractivity (Wildman–Crippen MR) is 77.0 cm³/mol. The van der Waals surface area contributed by atoms with Gasteiger partial charge in [0.05, 0.1) is 11.4 Å². The molecule has 0 radical (unpaired) electrons. The molecular weight excluding hydrogens is 262 g/mol. The van der Waals surface area contributed by atoms with Gasteiger partial charge in [-0.1, -0.05) is 18.2 Å². The lowest BCUT2D eigenvalue weighted by Gasteiger charge is -2.11. The summed E-state index contributed by atoms with van der Waals surface area (Å²) in [5.41, 5.74) is 2.86. The summed E-state index contributed by atoms with van der Waals surface area (Å²) in [4.78, 5) is 11.7. The minimum absolute atomic E-state index is 0.239. The van der Waals surface area contributed by atoms with Crippen molar-refractivity contribution >= 4 is 23.3 Å². The highest BCUT2D eigenvalue weighted by Crippen LogP contribution is 2.20. The standard InChI is InChI=1S/C14H16ClN3O/c1-9-6-4-5-7-12(9)18-13(8-10(2)17-18)16-14(19)11(3)15/h4-8,11H,1-3H3,(H,16,19). The number of carbonyl (C=O) groups is 1. The van der Waals surface area contributed by atoms with Crippen LogP contribution in [0, 0.1) is 13.8 Å². The number of halogens is 1. The maximum absolute atomic E-state index is 11.7. The van der Waals surface area contributed by atoms with Gasteiger partial charge in [0.1, 0.15) is 11.2 Å². The van der Waals surface area contributed by atoms with Crippen LogP contribution in [0.15, 0.2) is 30.3 Å². The summed E-state index contributed by atoms with van der Waals surface area (Å²) in [5, 5.41) is 6.62. The van der Waals surface area contributed by atoms with Crippen molar-refractivity contribution in [1.82, 2.24) is 9.78 Å². The summed E-state index contributed by atoms with van der Waals surface area (Å²) in [6.45, 7) is 5.52. The van der Waals surface area contributed by atoms with E-state index >= 15 is 0 Å². The van der Waals surface area contributed by atoms with Crippen molar-refractivity contribution in [3.8, 4) is 5.69 Å². The van der Waals surface area contributed by atoms with E-state index < -0.39 is 5.38 Å². The van der Waals surface area contributed by atoms with Gasteiger partial charge in [0.25, 0.3) is 0 Å². The highest BCUT2D eigenvalue weighted by Gasteiger charge is 2.14. The molecule has 1 aromatic heterocycles. The number of nitrogens with zero attached hydrogens (tertiary/aromatic N) is 2. The molecule has 1 aromatic carbocycles. The Bertz CT molecular complexity index is 604. The Hall–Kier alpha value is -1.81. The molecule has 0 bridgehead atoms. The second kappa shape index (κ2) is 5.45. The van der Waals surface area contributed by atoms with Crippen molar-refractivity contribution in [3.63, 3.8) is 0 Å². The summed E-state index contributed by atoms with van der Waals surface area (Å²) < 4.78 is 1.72. The molecule has 0 saturated carbocycles. The van der Waals surface area contributed by atoms with Gasteiger partial charge in [0, 0.05) is 6.07 Å². The zero-order valence-corrected chi connectivity index (χ0v) is 11.9. The number of hydrogen-bond acceptors (Lipinski definition) is 2. The number of rotatable bonds is 3. The SMILES string of the molecule is Cc1cc(NC(=O)C(C)Cl)n(-c2ccccc2C)n1. The maximum atomic E-state index is 11.7. The number of nitrogens with one attached hydrogen (secondary N) is 1. The van der Waals surface area contributed by atoms with Crippen LogP contribution in [-0.4, -0.2) is 21.1 Å². The van der Waals surface area contributed by atoms with Gasteiger partial charge in [0.2, 0.25) is 5.91 Å². The lowest BCUT2D eigenvalue weighted by atomic mass is 10.2. The number of hydrogen-bond donors (Lipinski definition) is 1. The van der Waals surface area contributed by atoms with E-state index in [1.54, 1.807) is 11.6 Å². The number of alkyl halides is 1. The average Bonchev–Trinajstić information content (AvgIpc) is 2.70. The summed E-state index contributed by atoms with van der Waals surface area (Å²) >= 11 is 5.77. The molecule has 19 heavy (non-hydrogen) atoms. The van der Waals surface area contributed by atoms with Crippen LogP contribution >= 0.6 is 11.6 Å². The minimum Gasteiger partial charge on any atom is -0.309 e. The summed E-state index contributed by atoms with van der Waals surface area (Å²) in [7, 11) is 0. The molecule has 4 nitrogen and oxygen atoms in total. The molecule has 0 aliphatic heterocycles. The van der Waals surface area contributed by atoms with Crippen molar-refractivity contribution in [3.05, 3.63) is 41.6 Å². The molecular formula is C14H16ClN3O. The number of benzene rings is 1. The summed E-state index contributed by atoms with van der Waals surface area (Å²) in [6.07, 6.45) is 0. The van der Waals surface area contributed by atoms with Crippen LogP contribution < -0.4 is 5.32 Å². The van der Waals surface area contributed by atoms with Gasteiger partial charge in [-0.3, -0.25) is 4.79 Å². The Morgan fingerprint density at radius 1 is 1.37 bits per heavy atom. The van der Waals surface area contributed by atoms with Gasteiger partial charge in [0.15, 0.2) is 0 Å². The lowest BCUT2D eigenvalue weighted by Crippen LogP contribution is -2.22. The second-order valence-electron chi connectivity index (χ2n) is 4.47. The fourth-order valence-electron chi connectivity index (χ4n) is 1.80. The zero-order valence-electron chi connectivity index (χ0n) is 11.1. The summed E-state index contributed by atoms with van der Waals surface area (Å²) in [6, 6.07) is 9.69. The third-order valence-electron chi connectivity index (χ3n) is 2.79. The lowest BCUT2D eigenvalue weighted by molar-refractivity contribution is -0.115. The maximum Gasteiger partial charge on any atom is 0.243 e. The third kappa shape index (κ3) is 2.96. The van der Waals surface area contributed by atoms with Gasteiger partial charge >= 0.3 is 0 Å². The first-order valence-corrected chi connectivity index (χ1v) is 6.50. The topological polar surface area (TPSA) is 46.9 Å². The molecule has 2 rings (SSSR count). The quantitative estimate of drug-likeness (QED) is 0.877. The minimum atomic E-state index is -0.583. The first kappa shape index (κ1) is 13.6. The van der Waals surface area contributed by atoms with Crippen LogP contribution in [0.2, 0.25) is 0 Å². The molecule has 0 fully saturated rings. The molecule has 2 aromatic rings. The summed E-state index contributed by atoms with van der Waals surface area (Å²) in [5.74, 6) is 0.390. The smallest absolute Gasteiger partial charge is 0.243 e. The third-order valence-corrected chi connectivity index (χ3v) is 2.99. The fourth-order valence-corrected chi connectivity index (χ4v) is 1.85. The Morgan fingerprint density at radius 3 is 2.68 bits per heavy atom. The Kier molecular flexibility index (Phi) is 3.90. The normalized spacial score (nSPS) is 12.2. The highest BCUT2D eigenvalue weighted by molar-refractivity contribution is 6.32. The molecule has 0 spiro atoms. The van der Waals surface area contributed by atoms with Gasteiger partial charge in [-0.25, -0.2) is 4.68 Å². The first-order valence-electron chi connectivity index (χ1n) is 6.06. The predicted octanol–water partition coefficient (Wildman–Crippen LogP) is 3.05. The fraction of sp³-hybridized carbons (Fsp3) is 0.286. The van der Waals surface area contributed by atoms with Crippen LogP contribution in [0.3, 0.4) is 0 Å². The Balaban J connectivity index is 2.42. The molecule has 100 valence electrons. The first-order chi connectivity index (χ1) is 8.99. The van der Waals surface area contributed by atoms with Gasteiger partial charge < -0.3 is 5.32 Å². The molecule has 1 unspecified atom stereocenters. The molecule has 0 aliphatic carbocycles. The Labute approximate surface area is 117 Å². The molecule has 0 saturated heterocycles. The highest BCUT2D eigenvalue weighted by atomic mass is 35.5. The molecule has 1 N–H and O–H groups in total. The van der Waals surface area contributed by atoms with Crippen LogP contribution in [0.25, 0.3) is 5.69 Å². The van der Waals surface area contributed by atoms with E-state index in [2.05, 4.69) is 10.4 Å². The molecule has 1 heterocycles. The largest absolute Gasteiger partial charge is 0.309 e. The number of para-hydroxylation sites is 1. The van der Waals surface area contributed by atoms with E-state index in [-0.39, 0.29) is 5.91 Å². The van der Waals surface area contributed by atoms with Crippen molar-refractivity contribution < 1.29 is 4.79 Å².